The Labute approximate surface area is 148 Å². The minimum atomic E-state index is 0.0574. The molecular formula is C17H26N6S. The Balaban J connectivity index is 1.54. The van der Waals surface area contributed by atoms with Crippen molar-refractivity contribution in [1.29, 1.82) is 0 Å². The summed E-state index contributed by atoms with van der Waals surface area (Å²) in [4.78, 5) is 11.2. The van der Waals surface area contributed by atoms with Gasteiger partial charge in [0.2, 0.25) is 0 Å². The van der Waals surface area contributed by atoms with E-state index in [0.717, 1.165) is 43.3 Å². The van der Waals surface area contributed by atoms with E-state index in [2.05, 4.69) is 56.8 Å². The molecule has 24 heavy (non-hydrogen) atoms. The quantitative estimate of drug-likeness (QED) is 0.627. The standard InChI is InChI=1S/C17H26N6S/c1-17(2,3)15-12-23(21-20-15)14-5-7-22(8-6-14)11-13-9-18-16(24-4)19-10-13/h9-10,12,14H,5-8,11H2,1-4H3. The second-order valence-electron chi connectivity index (χ2n) is 7.42. The van der Waals surface area contributed by atoms with Crippen LogP contribution in [-0.2, 0) is 12.0 Å². The average Bonchev–Trinajstić information content (AvgIpc) is 3.07. The van der Waals surface area contributed by atoms with Crippen molar-refractivity contribution in [3.63, 3.8) is 0 Å². The number of hydrogen-bond donors (Lipinski definition) is 0. The summed E-state index contributed by atoms with van der Waals surface area (Å²) in [7, 11) is 0. The number of thioether (sulfide) groups is 1. The first-order chi connectivity index (χ1) is 11.5. The number of piperidine rings is 1. The van der Waals surface area contributed by atoms with Crippen molar-refractivity contribution in [2.45, 2.75) is 56.8 Å². The molecule has 0 saturated carbocycles. The molecule has 130 valence electrons. The summed E-state index contributed by atoms with van der Waals surface area (Å²) in [6, 6.07) is 0.458. The van der Waals surface area contributed by atoms with Crippen LogP contribution in [-0.4, -0.2) is 49.2 Å². The molecule has 0 aromatic carbocycles. The topological polar surface area (TPSA) is 59.7 Å². The van der Waals surface area contributed by atoms with E-state index in [1.54, 1.807) is 11.8 Å². The minimum absolute atomic E-state index is 0.0574. The maximum atomic E-state index is 4.36. The van der Waals surface area contributed by atoms with Gasteiger partial charge in [0.05, 0.1) is 11.7 Å². The van der Waals surface area contributed by atoms with Crippen LogP contribution in [0.4, 0.5) is 0 Å². The zero-order valence-corrected chi connectivity index (χ0v) is 15.8. The van der Waals surface area contributed by atoms with Crippen molar-refractivity contribution >= 4 is 11.8 Å². The molecule has 3 heterocycles. The first kappa shape index (κ1) is 17.4. The van der Waals surface area contributed by atoms with E-state index in [-0.39, 0.29) is 5.41 Å². The van der Waals surface area contributed by atoms with Crippen molar-refractivity contribution in [3.8, 4) is 0 Å². The van der Waals surface area contributed by atoms with Gasteiger partial charge in [0.1, 0.15) is 0 Å². The van der Waals surface area contributed by atoms with Crippen LogP contribution in [0.15, 0.2) is 23.7 Å². The highest BCUT2D eigenvalue weighted by Crippen LogP contribution is 2.25. The van der Waals surface area contributed by atoms with Gasteiger partial charge in [-0.25, -0.2) is 14.6 Å². The second-order valence-corrected chi connectivity index (χ2v) is 8.19. The van der Waals surface area contributed by atoms with E-state index < -0.39 is 0 Å². The van der Waals surface area contributed by atoms with Crippen LogP contribution in [0, 0.1) is 0 Å². The van der Waals surface area contributed by atoms with E-state index >= 15 is 0 Å². The van der Waals surface area contributed by atoms with Gasteiger partial charge in [-0.3, -0.25) is 4.90 Å². The molecule has 0 amide bonds. The lowest BCUT2D eigenvalue weighted by Crippen LogP contribution is -2.34. The van der Waals surface area contributed by atoms with E-state index in [4.69, 9.17) is 0 Å². The Morgan fingerprint density at radius 3 is 2.38 bits per heavy atom. The third kappa shape index (κ3) is 4.13. The van der Waals surface area contributed by atoms with Gasteiger partial charge in [-0.15, -0.1) is 5.10 Å². The van der Waals surface area contributed by atoms with Crippen molar-refractivity contribution in [3.05, 3.63) is 29.8 Å². The molecule has 0 spiro atoms. The first-order valence-electron chi connectivity index (χ1n) is 8.45. The highest BCUT2D eigenvalue weighted by Gasteiger charge is 2.24. The molecule has 1 saturated heterocycles. The normalized spacial score (nSPS) is 17.3. The van der Waals surface area contributed by atoms with Gasteiger partial charge in [0, 0.05) is 49.2 Å². The van der Waals surface area contributed by atoms with Crippen LogP contribution in [0.25, 0.3) is 0 Å². The van der Waals surface area contributed by atoms with E-state index in [1.165, 1.54) is 5.56 Å². The fourth-order valence-electron chi connectivity index (χ4n) is 2.93. The van der Waals surface area contributed by atoms with Crippen molar-refractivity contribution in [2.75, 3.05) is 19.3 Å². The van der Waals surface area contributed by atoms with Crippen LogP contribution in [0.3, 0.4) is 0 Å². The fraction of sp³-hybridized carbons (Fsp3) is 0.647. The maximum absolute atomic E-state index is 4.36. The Hall–Kier alpha value is -1.47. The summed E-state index contributed by atoms with van der Waals surface area (Å²) in [5.41, 5.74) is 2.31. The van der Waals surface area contributed by atoms with Gasteiger partial charge in [0.25, 0.3) is 0 Å². The van der Waals surface area contributed by atoms with Crippen molar-refractivity contribution in [1.82, 2.24) is 29.9 Å². The molecule has 2 aromatic rings. The van der Waals surface area contributed by atoms with Gasteiger partial charge < -0.3 is 0 Å². The number of hydrogen-bond acceptors (Lipinski definition) is 6. The lowest BCUT2D eigenvalue weighted by molar-refractivity contribution is 0.172. The van der Waals surface area contributed by atoms with Gasteiger partial charge in [0.15, 0.2) is 5.16 Å². The predicted molar refractivity (Wildman–Crippen MR) is 96.1 cm³/mol. The third-order valence-corrected chi connectivity index (χ3v) is 5.06. The molecule has 0 aliphatic carbocycles. The Bertz CT molecular complexity index is 652. The molecule has 0 N–H and O–H groups in total. The first-order valence-corrected chi connectivity index (χ1v) is 9.68. The second kappa shape index (κ2) is 7.19. The van der Waals surface area contributed by atoms with E-state index in [0.29, 0.717) is 6.04 Å². The van der Waals surface area contributed by atoms with Crippen LogP contribution in [0.2, 0.25) is 0 Å². The number of aromatic nitrogens is 5. The van der Waals surface area contributed by atoms with Crippen LogP contribution >= 0.6 is 11.8 Å². The monoisotopic (exact) mass is 346 g/mol. The zero-order valence-electron chi connectivity index (χ0n) is 14.9. The smallest absolute Gasteiger partial charge is 0.187 e. The van der Waals surface area contributed by atoms with Gasteiger partial charge >= 0.3 is 0 Å². The lowest BCUT2D eigenvalue weighted by atomic mass is 9.93. The molecule has 1 aliphatic rings. The SMILES string of the molecule is CSc1ncc(CN2CCC(n3cc(C(C)(C)C)nn3)CC2)cn1. The molecule has 1 fully saturated rings. The molecule has 1 aliphatic heterocycles. The number of nitrogens with zero attached hydrogens (tertiary/aromatic N) is 6. The average molecular weight is 347 g/mol. The Morgan fingerprint density at radius 1 is 1.17 bits per heavy atom. The molecule has 2 aromatic heterocycles. The molecule has 0 unspecified atom stereocenters. The summed E-state index contributed by atoms with van der Waals surface area (Å²) in [6.45, 7) is 9.59. The van der Waals surface area contributed by atoms with Crippen LogP contribution in [0.5, 0.6) is 0 Å². The fourth-order valence-corrected chi connectivity index (χ4v) is 3.25. The largest absolute Gasteiger partial charge is 0.299 e. The van der Waals surface area contributed by atoms with Crippen molar-refractivity contribution in [2.24, 2.45) is 0 Å². The zero-order chi connectivity index (χ0) is 17.2. The van der Waals surface area contributed by atoms with Gasteiger partial charge in [-0.05, 0) is 19.1 Å². The highest BCUT2D eigenvalue weighted by molar-refractivity contribution is 7.98. The van der Waals surface area contributed by atoms with Crippen LogP contribution in [0.1, 0.15) is 50.9 Å². The molecular weight excluding hydrogens is 320 g/mol. The summed E-state index contributed by atoms with van der Waals surface area (Å²) in [5.74, 6) is 0. The van der Waals surface area contributed by atoms with E-state index in [1.807, 2.05) is 18.6 Å². The highest BCUT2D eigenvalue weighted by atomic mass is 32.2. The summed E-state index contributed by atoms with van der Waals surface area (Å²) in [5, 5.41) is 9.54. The van der Waals surface area contributed by atoms with Gasteiger partial charge in [-0.1, -0.05) is 37.7 Å². The number of likely N-dealkylation sites (tertiary alicyclic amines) is 1. The molecule has 0 radical (unpaired) electrons. The van der Waals surface area contributed by atoms with Gasteiger partial charge in [-0.2, -0.15) is 0 Å². The molecule has 7 heteroatoms. The number of rotatable bonds is 4. The molecule has 0 bridgehead atoms. The Kier molecular flexibility index (Phi) is 5.20. The molecule has 6 nitrogen and oxygen atoms in total. The third-order valence-electron chi connectivity index (χ3n) is 4.48. The summed E-state index contributed by atoms with van der Waals surface area (Å²) in [6.07, 6.45) is 10.2. The van der Waals surface area contributed by atoms with Crippen LogP contribution < -0.4 is 0 Å². The Morgan fingerprint density at radius 2 is 1.83 bits per heavy atom. The van der Waals surface area contributed by atoms with Crippen molar-refractivity contribution < 1.29 is 0 Å². The summed E-state index contributed by atoms with van der Waals surface area (Å²) >= 11 is 1.57. The van der Waals surface area contributed by atoms with E-state index in [9.17, 15) is 0 Å². The molecule has 0 atom stereocenters. The lowest BCUT2D eigenvalue weighted by Gasteiger charge is -2.31. The molecule has 3 rings (SSSR count). The maximum Gasteiger partial charge on any atom is 0.187 e. The predicted octanol–water partition coefficient (Wildman–Crippen LogP) is 2.92. The summed E-state index contributed by atoms with van der Waals surface area (Å²) < 4.78 is 2.06. The minimum Gasteiger partial charge on any atom is -0.299 e.